The molecule has 6 nitrogen and oxygen atoms in total. The molecule has 148 valence electrons. The lowest BCUT2D eigenvalue weighted by Crippen LogP contribution is -2.33. The van der Waals surface area contributed by atoms with Gasteiger partial charge in [0.05, 0.1) is 28.1 Å². The summed E-state index contributed by atoms with van der Waals surface area (Å²) in [5.74, 6) is 0.144. The van der Waals surface area contributed by atoms with Crippen LogP contribution in [0.5, 0.6) is 0 Å². The summed E-state index contributed by atoms with van der Waals surface area (Å²) >= 11 is 2.89. The maximum absolute atomic E-state index is 13.1. The highest BCUT2D eigenvalue weighted by Gasteiger charge is 2.27. The number of thioether (sulfide) groups is 2. The van der Waals surface area contributed by atoms with E-state index >= 15 is 0 Å². The van der Waals surface area contributed by atoms with Gasteiger partial charge in [-0.25, -0.2) is 4.98 Å². The van der Waals surface area contributed by atoms with Crippen LogP contribution in [0.25, 0.3) is 5.69 Å². The molecule has 1 aromatic carbocycles. The van der Waals surface area contributed by atoms with Gasteiger partial charge in [-0.1, -0.05) is 36.9 Å². The second kappa shape index (κ2) is 8.71. The fraction of sp³-hybridized carbons (Fsp3) is 0.450. The van der Waals surface area contributed by atoms with Crippen LogP contribution >= 0.6 is 23.5 Å². The molecule has 28 heavy (non-hydrogen) atoms. The van der Waals surface area contributed by atoms with Crippen molar-refractivity contribution in [1.82, 2.24) is 14.9 Å². The highest BCUT2D eigenvalue weighted by atomic mass is 32.2. The third kappa shape index (κ3) is 4.29. The third-order valence-electron chi connectivity index (χ3n) is 4.78. The predicted molar refractivity (Wildman–Crippen MR) is 112 cm³/mol. The number of nitrogens with zero attached hydrogens (tertiary/aromatic N) is 2. The molecule has 4 rings (SSSR count). The Balaban J connectivity index is 1.54. The molecule has 2 atom stereocenters. The van der Waals surface area contributed by atoms with E-state index in [2.05, 4.69) is 12.2 Å². The van der Waals surface area contributed by atoms with Gasteiger partial charge in [0.25, 0.3) is 5.56 Å². The topological polar surface area (TPSA) is 73.2 Å². The van der Waals surface area contributed by atoms with E-state index in [0.717, 1.165) is 42.1 Å². The Kier molecular flexibility index (Phi) is 6.08. The van der Waals surface area contributed by atoms with Gasteiger partial charge in [0.1, 0.15) is 0 Å². The Hall–Kier alpha value is -1.77. The molecule has 0 bridgehead atoms. The van der Waals surface area contributed by atoms with Crippen molar-refractivity contribution >= 4 is 29.4 Å². The monoisotopic (exact) mass is 417 g/mol. The normalized spacial score (nSPS) is 20.9. The number of benzene rings is 1. The highest BCUT2D eigenvalue weighted by Crippen LogP contribution is 2.34. The molecule has 0 saturated carbocycles. The Bertz CT molecular complexity index is 911. The number of hydrogen-bond acceptors (Lipinski definition) is 6. The molecule has 1 fully saturated rings. The van der Waals surface area contributed by atoms with Crippen molar-refractivity contribution in [3.8, 4) is 5.69 Å². The zero-order chi connectivity index (χ0) is 19.5. The van der Waals surface area contributed by atoms with Gasteiger partial charge in [0.2, 0.25) is 5.91 Å². The van der Waals surface area contributed by atoms with Crippen molar-refractivity contribution in [2.75, 3.05) is 18.9 Å². The van der Waals surface area contributed by atoms with E-state index in [1.807, 2.05) is 30.3 Å². The quantitative estimate of drug-likeness (QED) is 0.575. The number of para-hydroxylation sites is 1. The zero-order valence-electron chi connectivity index (χ0n) is 15.7. The standard InChI is InChI=1S/C20H23N3O3S2/c1-13-10-16-18(28-13)19(25)23(14-6-3-2-4-7-14)20(22-16)27-12-17(24)21-11-15-8-5-9-26-15/h2-4,6-7,13,15H,5,8-12H2,1H3,(H,21,24)/t13-,15+/m1/s1. The van der Waals surface area contributed by atoms with E-state index in [0.29, 0.717) is 17.0 Å². The lowest BCUT2D eigenvalue weighted by molar-refractivity contribution is -0.119. The number of carbonyl (C=O) groups excluding carboxylic acids is 1. The van der Waals surface area contributed by atoms with E-state index in [9.17, 15) is 9.59 Å². The number of aromatic nitrogens is 2. The molecule has 2 aromatic rings. The van der Waals surface area contributed by atoms with Gasteiger partial charge in [0.15, 0.2) is 5.16 Å². The molecule has 2 aliphatic rings. The van der Waals surface area contributed by atoms with Crippen molar-refractivity contribution in [2.45, 2.75) is 47.6 Å². The van der Waals surface area contributed by atoms with Crippen molar-refractivity contribution in [3.05, 3.63) is 46.4 Å². The molecule has 2 aliphatic heterocycles. The average molecular weight is 418 g/mol. The summed E-state index contributed by atoms with van der Waals surface area (Å²) < 4.78 is 7.16. The van der Waals surface area contributed by atoms with E-state index in [1.165, 1.54) is 11.8 Å². The summed E-state index contributed by atoms with van der Waals surface area (Å²) in [5.41, 5.74) is 1.56. The maximum atomic E-state index is 13.1. The second-order valence-electron chi connectivity index (χ2n) is 7.01. The number of carbonyl (C=O) groups is 1. The number of fused-ring (bicyclic) bond motifs is 1. The van der Waals surface area contributed by atoms with E-state index in [-0.39, 0.29) is 23.3 Å². The molecule has 3 heterocycles. The van der Waals surface area contributed by atoms with Crippen LogP contribution < -0.4 is 10.9 Å². The Morgan fingerprint density at radius 2 is 2.21 bits per heavy atom. The van der Waals surface area contributed by atoms with Gasteiger partial charge in [-0.05, 0) is 25.0 Å². The van der Waals surface area contributed by atoms with Crippen LogP contribution in [-0.2, 0) is 16.0 Å². The van der Waals surface area contributed by atoms with Gasteiger partial charge < -0.3 is 10.1 Å². The highest BCUT2D eigenvalue weighted by molar-refractivity contribution is 8.00. The molecule has 0 spiro atoms. The van der Waals surface area contributed by atoms with Gasteiger partial charge in [0, 0.05) is 24.8 Å². The molecule has 0 radical (unpaired) electrons. The average Bonchev–Trinajstić information content (AvgIpc) is 3.34. The largest absolute Gasteiger partial charge is 0.376 e. The third-order valence-corrected chi connectivity index (χ3v) is 6.93. The number of ether oxygens (including phenoxy) is 1. The smallest absolute Gasteiger partial charge is 0.272 e. The predicted octanol–water partition coefficient (Wildman–Crippen LogP) is 2.66. The van der Waals surface area contributed by atoms with Gasteiger partial charge in [-0.2, -0.15) is 0 Å². The summed E-state index contributed by atoms with van der Waals surface area (Å²) in [7, 11) is 0. The fourth-order valence-corrected chi connectivity index (χ4v) is 5.37. The lowest BCUT2D eigenvalue weighted by Gasteiger charge is -2.14. The molecule has 1 aromatic heterocycles. The van der Waals surface area contributed by atoms with Crippen molar-refractivity contribution in [3.63, 3.8) is 0 Å². The first kappa shape index (κ1) is 19.5. The van der Waals surface area contributed by atoms with Gasteiger partial charge >= 0.3 is 0 Å². The Morgan fingerprint density at radius 1 is 1.39 bits per heavy atom. The van der Waals surface area contributed by atoms with Crippen LogP contribution in [0, 0.1) is 0 Å². The minimum Gasteiger partial charge on any atom is -0.376 e. The fourth-order valence-electron chi connectivity index (χ4n) is 3.42. The van der Waals surface area contributed by atoms with Crippen LogP contribution in [0.15, 0.2) is 45.2 Å². The summed E-state index contributed by atoms with van der Waals surface area (Å²) in [6, 6.07) is 9.48. The van der Waals surface area contributed by atoms with Crippen LogP contribution in [0.1, 0.15) is 25.5 Å². The van der Waals surface area contributed by atoms with Gasteiger partial charge in [-0.15, -0.1) is 11.8 Å². The van der Waals surface area contributed by atoms with Crippen LogP contribution in [0.4, 0.5) is 0 Å². The van der Waals surface area contributed by atoms with E-state index < -0.39 is 0 Å². The van der Waals surface area contributed by atoms with Crippen molar-refractivity contribution in [1.29, 1.82) is 0 Å². The van der Waals surface area contributed by atoms with Crippen LogP contribution in [-0.4, -0.2) is 45.7 Å². The Morgan fingerprint density at radius 3 is 2.96 bits per heavy atom. The SMILES string of the molecule is C[C@@H]1Cc2nc(SCC(=O)NC[C@@H]3CCCO3)n(-c3ccccc3)c(=O)c2S1. The molecule has 8 heteroatoms. The minimum absolute atomic E-state index is 0.0483. The van der Waals surface area contributed by atoms with Crippen LogP contribution in [0.2, 0.25) is 0 Å². The van der Waals surface area contributed by atoms with E-state index in [4.69, 9.17) is 9.72 Å². The number of hydrogen-bond donors (Lipinski definition) is 1. The lowest BCUT2D eigenvalue weighted by atomic mass is 10.2. The van der Waals surface area contributed by atoms with Crippen molar-refractivity contribution < 1.29 is 9.53 Å². The number of rotatable bonds is 6. The number of amides is 1. The number of nitrogens with one attached hydrogen (secondary N) is 1. The molecule has 0 unspecified atom stereocenters. The molecule has 1 amide bonds. The zero-order valence-corrected chi connectivity index (χ0v) is 17.4. The van der Waals surface area contributed by atoms with Crippen molar-refractivity contribution in [2.24, 2.45) is 0 Å². The van der Waals surface area contributed by atoms with E-state index in [1.54, 1.807) is 16.3 Å². The van der Waals surface area contributed by atoms with Crippen LogP contribution in [0.3, 0.4) is 0 Å². The minimum atomic E-state index is -0.0717. The first-order valence-corrected chi connectivity index (χ1v) is 11.4. The summed E-state index contributed by atoms with van der Waals surface area (Å²) in [6.07, 6.45) is 2.94. The summed E-state index contributed by atoms with van der Waals surface area (Å²) in [4.78, 5) is 30.9. The first-order chi connectivity index (χ1) is 13.6. The molecule has 1 N–H and O–H groups in total. The first-order valence-electron chi connectivity index (χ1n) is 9.51. The second-order valence-corrected chi connectivity index (χ2v) is 9.40. The summed E-state index contributed by atoms with van der Waals surface area (Å²) in [5, 5.41) is 3.83. The molecule has 0 aliphatic carbocycles. The summed E-state index contributed by atoms with van der Waals surface area (Å²) in [6.45, 7) is 3.41. The van der Waals surface area contributed by atoms with Gasteiger partial charge in [-0.3, -0.25) is 14.2 Å². The maximum Gasteiger partial charge on any atom is 0.272 e. The molecular weight excluding hydrogens is 394 g/mol. The molecular formula is C20H23N3O3S2. The Labute approximate surface area is 172 Å². The molecule has 1 saturated heterocycles.